The number of hydrogen-bond donors (Lipinski definition) is 1. The first-order valence-electron chi connectivity index (χ1n) is 7.83. The average Bonchev–Trinajstić information content (AvgIpc) is 3.12. The molecule has 27 heavy (non-hydrogen) atoms. The van der Waals surface area contributed by atoms with Crippen molar-refractivity contribution in [3.05, 3.63) is 54.6 Å². The third-order valence-corrected chi connectivity index (χ3v) is 3.54. The predicted molar refractivity (Wildman–Crippen MR) is 89.7 cm³/mol. The predicted octanol–water partition coefficient (Wildman–Crippen LogP) is 3.44. The zero-order valence-corrected chi connectivity index (χ0v) is 14.0. The highest BCUT2D eigenvalue weighted by Gasteiger charge is 2.31. The van der Waals surface area contributed by atoms with Crippen molar-refractivity contribution in [1.29, 1.82) is 0 Å². The second kappa shape index (κ2) is 7.44. The summed E-state index contributed by atoms with van der Waals surface area (Å²) in [5.74, 6) is -0.445. The van der Waals surface area contributed by atoms with Gasteiger partial charge < -0.3 is 10.1 Å². The van der Waals surface area contributed by atoms with Crippen molar-refractivity contribution in [2.24, 2.45) is 0 Å². The summed E-state index contributed by atoms with van der Waals surface area (Å²) in [4.78, 5) is 13.5. The van der Waals surface area contributed by atoms with E-state index in [4.69, 9.17) is 0 Å². The standard InChI is InChI=1S/C17H14F3N5O2/c1-11(25-23-15(22-24-25)12-5-3-2-4-6-12)16(26)21-13-7-9-14(10-8-13)27-17(18,19)20/h2-11H,1H3,(H,21,26). The Morgan fingerprint density at radius 1 is 1.11 bits per heavy atom. The smallest absolute Gasteiger partial charge is 0.406 e. The van der Waals surface area contributed by atoms with E-state index in [0.717, 1.165) is 17.7 Å². The van der Waals surface area contributed by atoms with Crippen molar-refractivity contribution in [2.45, 2.75) is 19.3 Å². The Labute approximate surface area is 151 Å². The number of amides is 1. The second-order valence-corrected chi connectivity index (χ2v) is 5.54. The molecule has 1 atom stereocenters. The lowest BCUT2D eigenvalue weighted by Crippen LogP contribution is -2.25. The lowest BCUT2D eigenvalue weighted by molar-refractivity contribution is -0.274. The van der Waals surface area contributed by atoms with E-state index in [-0.39, 0.29) is 5.75 Å². The molecule has 0 saturated heterocycles. The molecule has 1 heterocycles. The molecule has 0 fully saturated rings. The molecule has 1 N–H and O–H groups in total. The molecule has 140 valence electrons. The van der Waals surface area contributed by atoms with Crippen LogP contribution in [0, 0.1) is 0 Å². The molecular formula is C17H14F3N5O2. The molecule has 1 aromatic heterocycles. The number of carbonyl (C=O) groups is 1. The van der Waals surface area contributed by atoms with Gasteiger partial charge in [0.2, 0.25) is 5.82 Å². The van der Waals surface area contributed by atoms with Crippen LogP contribution in [-0.4, -0.2) is 32.5 Å². The Bertz CT molecular complexity index is 910. The summed E-state index contributed by atoms with van der Waals surface area (Å²) in [6, 6.07) is 13.2. The number of ether oxygens (including phenoxy) is 1. The van der Waals surface area contributed by atoms with Crippen LogP contribution in [0.3, 0.4) is 0 Å². The molecule has 1 amide bonds. The number of aromatic nitrogens is 4. The molecule has 0 bridgehead atoms. The molecule has 0 aliphatic carbocycles. The Hall–Kier alpha value is -3.43. The van der Waals surface area contributed by atoms with Crippen LogP contribution in [0.4, 0.5) is 18.9 Å². The van der Waals surface area contributed by atoms with Crippen LogP contribution in [0.2, 0.25) is 0 Å². The number of nitrogens with one attached hydrogen (secondary N) is 1. The molecular weight excluding hydrogens is 363 g/mol. The third kappa shape index (κ3) is 4.81. The van der Waals surface area contributed by atoms with Gasteiger partial charge in [-0.2, -0.15) is 4.80 Å². The first-order valence-corrected chi connectivity index (χ1v) is 7.83. The zero-order valence-electron chi connectivity index (χ0n) is 14.0. The summed E-state index contributed by atoms with van der Waals surface area (Å²) in [5, 5.41) is 14.6. The van der Waals surface area contributed by atoms with E-state index in [2.05, 4.69) is 25.5 Å². The van der Waals surface area contributed by atoms with Gasteiger partial charge in [0.25, 0.3) is 5.91 Å². The first kappa shape index (κ1) is 18.4. The van der Waals surface area contributed by atoms with Crippen molar-refractivity contribution in [3.8, 4) is 17.1 Å². The highest BCUT2D eigenvalue weighted by Crippen LogP contribution is 2.24. The van der Waals surface area contributed by atoms with Gasteiger partial charge in [0, 0.05) is 11.3 Å². The summed E-state index contributed by atoms with van der Waals surface area (Å²) in [5.41, 5.74) is 1.07. The van der Waals surface area contributed by atoms with E-state index in [1.807, 2.05) is 30.3 Å². The summed E-state index contributed by atoms with van der Waals surface area (Å²) in [6.07, 6.45) is -4.77. The second-order valence-electron chi connectivity index (χ2n) is 5.54. The first-order chi connectivity index (χ1) is 12.8. The number of rotatable bonds is 5. The van der Waals surface area contributed by atoms with E-state index in [1.54, 1.807) is 6.92 Å². The molecule has 0 saturated carbocycles. The molecule has 7 nitrogen and oxygen atoms in total. The van der Waals surface area contributed by atoms with Crippen LogP contribution in [0.5, 0.6) is 5.75 Å². The Morgan fingerprint density at radius 3 is 2.41 bits per heavy atom. The van der Waals surface area contributed by atoms with Crippen molar-refractivity contribution in [3.63, 3.8) is 0 Å². The Morgan fingerprint density at radius 2 is 1.78 bits per heavy atom. The molecule has 0 spiro atoms. The van der Waals surface area contributed by atoms with Crippen molar-refractivity contribution >= 4 is 11.6 Å². The number of halogens is 3. The summed E-state index contributed by atoms with van der Waals surface area (Å²) < 4.78 is 40.2. The number of benzene rings is 2. The van der Waals surface area contributed by atoms with Gasteiger partial charge in [0.1, 0.15) is 11.8 Å². The molecule has 3 aromatic rings. The minimum atomic E-state index is -4.77. The monoisotopic (exact) mass is 377 g/mol. The lowest BCUT2D eigenvalue weighted by Gasteiger charge is -2.12. The minimum absolute atomic E-state index is 0.310. The molecule has 2 aromatic carbocycles. The van der Waals surface area contributed by atoms with Gasteiger partial charge in [-0.1, -0.05) is 30.3 Å². The Balaban J connectivity index is 1.65. The normalized spacial score (nSPS) is 12.4. The highest BCUT2D eigenvalue weighted by atomic mass is 19.4. The van der Waals surface area contributed by atoms with Crippen LogP contribution in [0.1, 0.15) is 13.0 Å². The van der Waals surface area contributed by atoms with Crippen LogP contribution < -0.4 is 10.1 Å². The molecule has 0 aliphatic heterocycles. The van der Waals surface area contributed by atoms with Gasteiger partial charge >= 0.3 is 6.36 Å². The number of nitrogens with zero attached hydrogens (tertiary/aromatic N) is 4. The fourth-order valence-electron chi connectivity index (χ4n) is 2.18. The molecule has 10 heteroatoms. The zero-order chi connectivity index (χ0) is 19.4. The fraction of sp³-hybridized carbons (Fsp3) is 0.176. The largest absolute Gasteiger partial charge is 0.573 e. The van der Waals surface area contributed by atoms with E-state index in [9.17, 15) is 18.0 Å². The van der Waals surface area contributed by atoms with Gasteiger partial charge in [-0.25, -0.2) is 0 Å². The van der Waals surface area contributed by atoms with Crippen LogP contribution >= 0.6 is 0 Å². The maximum atomic E-state index is 12.3. The number of hydrogen-bond acceptors (Lipinski definition) is 5. The van der Waals surface area contributed by atoms with Crippen molar-refractivity contribution < 1.29 is 22.7 Å². The fourth-order valence-corrected chi connectivity index (χ4v) is 2.18. The van der Waals surface area contributed by atoms with Crippen LogP contribution in [0.25, 0.3) is 11.4 Å². The number of alkyl halides is 3. The van der Waals surface area contributed by atoms with Gasteiger partial charge in [-0.15, -0.1) is 23.4 Å². The SMILES string of the molecule is CC(C(=O)Nc1ccc(OC(F)(F)F)cc1)n1nnc(-c2ccccc2)n1. The maximum absolute atomic E-state index is 12.3. The maximum Gasteiger partial charge on any atom is 0.573 e. The quantitative estimate of drug-likeness (QED) is 0.737. The van der Waals surface area contributed by atoms with Crippen molar-refractivity contribution in [1.82, 2.24) is 20.2 Å². The number of carbonyl (C=O) groups excluding carboxylic acids is 1. The average molecular weight is 377 g/mol. The van der Waals surface area contributed by atoms with Crippen molar-refractivity contribution in [2.75, 3.05) is 5.32 Å². The van der Waals surface area contributed by atoms with Crippen LogP contribution in [-0.2, 0) is 4.79 Å². The van der Waals surface area contributed by atoms with Crippen LogP contribution in [0.15, 0.2) is 54.6 Å². The van der Waals surface area contributed by atoms with E-state index >= 15 is 0 Å². The van der Waals surface area contributed by atoms with Gasteiger partial charge in [-0.05, 0) is 36.4 Å². The minimum Gasteiger partial charge on any atom is -0.406 e. The lowest BCUT2D eigenvalue weighted by atomic mass is 10.2. The van der Waals surface area contributed by atoms with E-state index in [0.29, 0.717) is 11.5 Å². The Kier molecular flexibility index (Phi) is 5.06. The molecule has 0 radical (unpaired) electrons. The molecule has 1 unspecified atom stereocenters. The van der Waals surface area contributed by atoms with Gasteiger partial charge in [0.05, 0.1) is 0 Å². The molecule has 3 rings (SSSR count). The summed E-state index contributed by atoms with van der Waals surface area (Å²) in [7, 11) is 0. The highest BCUT2D eigenvalue weighted by molar-refractivity contribution is 5.93. The van der Waals surface area contributed by atoms with Gasteiger partial charge in [-0.3, -0.25) is 4.79 Å². The number of tetrazole rings is 1. The van der Waals surface area contributed by atoms with Gasteiger partial charge in [0.15, 0.2) is 0 Å². The number of anilines is 1. The summed E-state index contributed by atoms with van der Waals surface area (Å²) >= 11 is 0. The molecule has 0 aliphatic rings. The third-order valence-electron chi connectivity index (χ3n) is 3.54. The topological polar surface area (TPSA) is 81.9 Å². The summed E-state index contributed by atoms with van der Waals surface area (Å²) in [6.45, 7) is 1.58. The van der Waals surface area contributed by atoms with E-state index in [1.165, 1.54) is 16.9 Å². The van der Waals surface area contributed by atoms with E-state index < -0.39 is 18.3 Å².